The van der Waals surface area contributed by atoms with Crippen molar-refractivity contribution in [2.45, 2.75) is 6.92 Å². The van der Waals surface area contributed by atoms with Crippen molar-refractivity contribution < 1.29 is 9.47 Å². The van der Waals surface area contributed by atoms with Crippen LogP contribution in [0.5, 0.6) is 11.5 Å². The summed E-state index contributed by atoms with van der Waals surface area (Å²) in [6.45, 7) is 3.15. The fourth-order valence-corrected chi connectivity index (χ4v) is 2.70. The minimum Gasteiger partial charge on any atom is -0.486 e. The molecule has 4 nitrogen and oxygen atoms in total. The van der Waals surface area contributed by atoms with Crippen LogP contribution < -0.4 is 9.47 Å². The number of fused-ring (bicyclic) bond motifs is 1. The molecule has 90 valence electrons. The third-order valence-corrected chi connectivity index (χ3v) is 3.61. The van der Waals surface area contributed by atoms with Crippen molar-refractivity contribution in [2.75, 3.05) is 13.2 Å². The lowest BCUT2D eigenvalue weighted by Gasteiger charge is -2.19. The predicted molar refractivity (Wildman–Crippen MR) is 68.0 cm³/mol. The van der Waals surface area contributed by atoms with Crippen molar-refractivity contribution in [2.24, 2.45) is 0 Å². The van der Waals surface area contributed by atoms with Crippen molar-refractivity contribution >= 4 is 11.3 Å². The molecule has 0 amide bonds. The Kier molecular flexibility index (Phi) is 2.65. The normalized spacial score (nSPS) is 13.1. The summed E-state index contributed by atoms with van der Waals surface area (Å²) < 4.78 is 11.1. The summed E-state index contributed by atoms with van der Waals surface area (Å²) in [7, 11) is 0. The molecule has 2 aromatic rings. The lowest BCUT2D eigenvalue weighted by atomic mass is 10.1. The zero-order chi connectivity index (χ0) is 12.5. The average Bonchev–Trinajstić information content (AvgIpc) is 2.86. The summed E-state index contributed by atoms with van der Waals surface area (Å²) in [6.07, 6.45) is 0. The number of ether oxygens (including phenoxy) is 2. The van der Waals surface area contributed by atoms with Crippen LogP contribution in [0.3, 0.4) is 0 Å². The van der Waals surface area contributed by atoms with E-state index in [0.717, 1.165) is 27.6 Å². The van der Waals surface area contributed by atoms with Gasteiger partial charge in [0, 0.05) is 10.9 Å². The number of aromatic nitrogens is 1. The first kappa shape index (κ1) is 11.1. The van der Waals surface area contributed by atoms with Crippen LogP contribution >= 0.6 is 11.3 Å². The van der Waals surface area contributed by atoms with Gasteiger partial charge in [-0.25, -0.2) is 4.98 Å². The molecule has 0 bridgehead atoms. The van der Waals surface area contributed by atoms with E-state index >= 15 is 0 Å². The fraction of sp³-hybridized carbons (Fsp3) is 0.231. The molecule has 0 unspecified atom stereocenters. The van der Waals surface area contributed by atoms with Crippen LogP contribution in [0.15, 0.2) is 17.5 Å². The average molecular weight is 258 g/mol. The maximum Gasteiger partial charge on any atom is 0.162 e. The van der Waals surface area contributed by atoms with E-state index in [0.29, 0.717) is 18.9 Å². The number of thiazole rings is 1. The molecule has 1 aromatic carbocycles. The Balaban J connectivity index is 2.09. The quantitative estimate of drug-likeness (QED) is 0.789. The maximum absolute atomic E-state index is 8.81. The van der Waals surface area contributed by atoms with Gasteiger partial charge < -0.3 is 9.47 Å². The van der Waals surface area contributed by atoms with Crippen LogP contribution in [-0.2, 0) is 0 Å². The highest BCUT2D eigenvalue weighted by Gasteiger charge is 2.16. The number of hydrogen-bond donors (Lipinski definition) is 0. The number of rotatable bonds is 1. The number of hydrogen-bond acceptors (Lipinski definition) is 5. The molecule has 18 heavy (non-hydrogen) atoms. The highest BCUT2D eigenvalue weighted by Crippen LogP contribution is 2.38. The van der Waals surface area contributed by atoms with Crippen molar-refractivity contribution in [1.29, 1.82) is 5.26 Å². The second-order valence-corrected chi connectivity index (χ2v) is 4.82. The summed E-state index contributed by atoms with van der Waals surface area (Å²) in [5, 5.41) is 11.4. The molecule has 1 aromatic heterocycles. The van der Waals surface area contributed by atoms with E-state index in [1.54, 1.807) is 5.38 Å². The molecule has 1 aliphatic rings. The highest BCUT2D eigenvalue weighted by atomic mass is 32.1. The molecule has 0 spiro atoms. The molecule has 0 fully saturated rings. The minimum atomic E-state index is 0.448. The van der Waals surface area contributed by atoms with Gasteiger partial charge in [-0.2, -0.15) is 5.26 Å². The van der Waals surface area contributed by atoms with E-state index in [4.69, 9.17) is 14.7 Å². The Hall–Kier alpha value is -2.06. The fourth-order valence-electron chi connectivity index (χ4n) is 1.87. The van der Waals surface area contributed by atoms with Crippen LogP contribution in [-0.4, -0.2) is 18.2 Å². The number of aryl methyl sites for hydroxylation is 1. The smallest absolute Gasteiger partial charge is 0.162 e. The molecule has 0 saturated carbocycles. The van der Waals surface area contributed by atoms with E-state index in [1.807, 2.05) is 25.1 Å². The molecule has 3 rings (SSSR count). The lowest BCUT2D eigenvalue weighted by molar-refractivity contribution is 0.171. The van der Waals surface area contributed by atoms with Gasteiger partial charge in [-0.3, -0.25) is 0 Å². The molecule has 0 N–H and O–H groups in total. The van der Waals surface area contributed by atoms with Crippen LogP contribution in [0.4, 0.5) is 0 Å². The number of benzene rings is 1. The Labute approximate surface area is 108 Å². The largest absolute Gasteiger partial charge is 0.486 e. The molecule has 0 radical (unpaired) electrons. The van der Waals surface area contributed by atoms with Gasteiger partial charge in [0.1, 0.15) is 24.3 Å². The van der Waals surface area contributed by atoms with Gasteiger partial charge in [-0.05, 0) is 24.6 Å². The van der Waals surface area contributed by atoms with Crippen molar-refractivity contribution in [1.82, 2.24) is 4.98 Å². The molecule has 5 heteroatoms. The van der Waals surface area contributed by atoms with Crippen LogP contribution in [0.25, 0.3) is 10.6 Å². The molecule has 0 atom stereocenters. The van der Waals surface area contributed by atoms with E-state index in [-0.39, 0.29) is 0 Å². The first-order valence-electron chi connectivity index (χ1n) is 5.54. The third-order valence-electron chi connectivity index (χ3n) is 2.74. The van der Waals surface area contributed by atoms with Crippen LogP contribution in [0, 0.1) is 18.3 Å². The number of nitrogens with zero attached hydrogens (tertiary/aromatic N) is 2. The lowest BCUT2D eigenvalue weighted by Crippen LogP contribution is -2.15. The SMILES string of the molecule is Cc1cc2c(cc1-c1nc(C#N)cs1)OCCO2. The zero-order valence-corrected chi connectivity index (χ0v) is 10.6. The van der Waals surface area contributed by atoms with Gasteiger partial charge in [0.2, 0.25) is 0 Å². The van der Waals surface area contributed by atoms with Gasteiger partial charge >= 0.3 is 0 Å². The summed E-state index contributed by atoms with van der Waals surface area (Å²) in [4.78, 5) is 4.27. The second-order valence-electron chi connectivity index (χ2n) is 3.96. The summed E-state index contributed by atoms with van der Waals surface area (Å²) >= 11 is 1.46. The van der Waals surface area contributed by atoms with E-state index in [9.17, 15) is 0 Å². The first-order valence-corrected chi connectivity index (χ1v) is 6.42. The predicted octanol–water partition coefficient (Wildman–Crippen LogP) is 2.76. The van der Waals surface area contributed by atoms with Gasteiger partial charge in [-0.1, -0.05) is 0 Å². The third kappa shape index (κ3) is 1.81. The van der Waals surface area contributed by atoms with Crippen molar-refractivity contribution in [3.63, 3.8) is 0 Å². The van der Waals surface area contributed by atoms with Gasteiger partial charge in [0.15, 0.2) is 17.2 Å². The van der Waals surface area contributed by atoms with Crippen molar-refractivity contribution in [3.8, 4) is 28.1 Å². The maximum atomic E-state index is 8.81. The standard InChI is InChI=1S/C13H10N2O2S/c1-8-4-11-12(17-3-2-16-11)5-10(8)13-15-9(6-14)7-18-13/h4-5,7H,2-3H2,1H3. The summed E-state index contributed by atoms with van der Waals surface area (Å²) in [5.74, 6) is 1.52. The Morgan fingerprint density at radius 2 is 2.00 bits per heavy atom. The Morgan fingerprint density at radius 1 is 1.28 bits per heavy atom. The molecule has 1 aliphatic heterocycles. The highest BCUT2D eigenvalue weighted by molar-refractivity contribution is 7.13. The van der Waals surface area contributed by atoms with Crippen LogP contribution in [0.2, 0.25) is 0 Å². The van der Waals surface area contributed by atoms with E-state index in [2.05, 4.69) is 4.98 Å². The summed E-state index contributed by atoms with van der Waals surface area (Å²) in [5.41, 5.74) is 2.51. The van der Waals surface area contributed by atoms with E-state index in [1.165, 1.54) is 11.3 Å². The Morgan fingerprint density at radius 3 is 2.67 bits per heavy atom. The summed E-state index contributed by atoms with van der Waals surface area (Å²) in [6, 6.07) is 5.93. The molecule has 0 saturated heterocycles. The van der Waals surface area contributed by atoms with Gasteiger partial charge in [0.25, 0.3) is 0 Å². The van der Waals surface area contributed by atoms with E-state index < -0.39 is 0 Å². The molecule has 2 heterocycles. The molecular weight excluding hydrogens is 248 g/mol. The minimum absolute atomic E-state index is 0.448. The number of nitriles is 1. The van der Waals surface area contributed by atoms with Gasteiger partial charge in [-0.15, -0.1) is 11.3 Å². The van der Waals surface area contributed by atoms with Crippen molar-refractivity contribution in [3.05, 3.63) is 28.8 Å². The monoisotopic (exact) mass is 258 g/mol. The second kappa shape index (κ2) is 4.31. The van der Waals surface area contributed by atoms with Crippen LogP contribution in [0.1, 0.15) is 11.3 Å². The van der Waals surface area contributed by atoms with Gasteiger partial charge in [0.05, 0.1) is 0 Å². The zero-order valence-electron chi connectivity index (χ0n) is 9.77. The molecular formula is C13H10N2O2S. The first-order chi connectivity index (χ1) is 8.78. The molecule has 0 aliphatic carbocycles. The topological polar surface area (TPSA) is 55.1 Å². The Bertz CT molecular complexity index is 643.